The number of benzene rings is 1. The predicted octanol–water partition coefficient (Wildman–Crippen LogP) is -1.71. The molecular weight excluding hydrogens is 651 g/mol. The molecule has 15 nitrogen and oxygen atoms in total. The third-order valence-electron chi connectivity index (χ3n) is 6.10. The zero-order valence-electron chi connectivity index (χ0n) is 22.7. The Balaban J connectivity index is 2.43. The van der Waals surface area contributed by atoms with Crippen LogP contribution in [0, 0.1) is 9.49 Å². The summed E-state index contributed by atoms with van der Waals surface area (Å²) in [6.07, 6.45) is -0.271. The highest BCUT2D eigenvalue weighted by atomic mass is 127. The van der Waals surface area contributed by atoms with Gasteiger partial charge in [0.25, 0.3) is 0 Å². The fourth-order valence-corrected chi connectivity index (χ4v) is 4.38. The Hall–Kier alpha value is -3.32. The number of nitrogens with one attached hydrogen (secondary N) is 5. The van der Waals surface area contributed by atoms with Crippen LogP contribution < -0.4 is 38.5 Å². The van der Waals surface area contributed by atoms with Gasteiger partial charge < -0.3 is 21.9 Å². The molecule has 16 heteroatoms. The molecule has 0 radical (unpaired) electrons. The number of guanidine groups is 1. The number of aliphatic carboxylic acids is 1. The lowest BCUT2D eigenvalue weighted by Gasteiger charge is -2.25. The number of nitrogens with two attached hydrogens (primary N) is 2. The molecule has 3 atom stereocenters. The number of carboxylic acid groups (broad SMARTS) is 1. The minimum Gasteiger partial charge on any atom is -0.481 e. The number of hydrazine groups is 2. The molecule has 0 unspecified atom stereocenters. The number of carbonyl (C=O) groups is 6. The van der Waals surface area contributed by atoms with E-state index in [1.165, 1.54) is 12.1 Å². The van der Waals surface area contributed by atoms with Crippen molar-refractivity contribution in [2.45, 2.75) is 57.8 Å². The molecule has 0 saturated heterocycles. The first-order valence-electron chi connectivity index (χ1n) is 12.8. The number of Topliss-reactive ketones (excluding diaryl/α,β-unsaturated/α-hetero) is 4. The van der Waals surface area contributed by atoms with E-state index in [9.17, 15) is 33.9 Å². The van der Waals surface area contributed by atoms with E-state index in [0.717, 1.165) is 3.57 Å². The van der Waals surface area contributed by atoms with Gasteiger partial charge in [0.05, 0.1) is 25.0 Å². The van der Waals surface area contributed by atoms with Crippen molar-refractivity contribution in [3.05, 3.63) is 32.9 Å². The average molecular weight is 687 g/mol. The smallest absolute Gasteiger partial charge is 0.305 e. The van der Waals surface area contributed by atoms with Crippen molar-refractivity contribution < 1.29 is 33.9 Å². The van der Waals surface area contributed by atoms with Gasteiger partial charge in [-0.25, -0.2) is 16.3 Å². The summed E-state index contributed by atoms with van der Waals surface area (Å²) in [4.78, 5) is 80.1. The van der Waals surface area contributed by atoms with Crippen molar-refractivity contribution >= 4 is 63.6 Å². The molecule has 1 aromatic carbocycles. The van der Waals surface area contributed by atoms with Crippen LogP contribution in [-0.2, 0) is 30.5 Å². The Morgan fingerprint density at radius 1 is 1.05 bits per heavy atom. The molecule has 1 aliphatic heterocycles. The molecule has 224 valence electrons. The van der Waals surface area contributed by atoms with Crippen molar-refractivity contribution in [2.75, 3.05) is 13.1 Å². The van der Waals surface area contributed by atoms with Gasteiger partial charge in [-0.3, -0.25) is 39.2 Å². The van der Waals surface area contributed by atoms with Crippen LogP contribution in [0.15, 0.2) is 23.2 Å². The number of ketones is 4. The first-order valence-corrected chi connectivity index (χ1v) is 13.9. The highest BCUT2D eigenvalue weighted by Gasteiger charge is 2.32. The maximum Gasteiger partial charge on any atom is 0.305 e. The first kappa shape index (κ1) is 33.9. The van der Waals surface area contributed by atoms with Gasteiger partial charge in [-0.05, 0) is 65.1 Å². The van der Waals surface area contributed by atoms with Gasteiger partial charge in [0, 0.05) is 22.2 Å². The summed E-state index contributed by atoms with van der Waals surface area (Å²) in [5.74, 6) is -6.01. The lowest BCUT2D eigenvalue weighted by atomic mass is 9.94. The topological polar surface area (TPSA) is 247 Å². The third-order valence-corrected chi connectivity index (χ3v) is 7.16. The number of carbonyl (C=O) groups excluding carboxylic acids is 5. The van der Waals surface area contributed by atoms with Crippen molar-refractivity contribution in [3.8, 4) is 0 Å². The Labute approximate surface area is 250 Å². The van der Waals surface area contributed by atoms with Gasteiger partial charge in [-0.2, -0.15) is 0 Å². The maximum absolute atomic E-state index is 13.3. The molecule has 1 heterocycles. The molecule has 2 bridgehead atoms. The lowest BCUT2D eigenvalue weighted by molar-refractivity contribution is -0.141. The number of fused-ring (bicyclic) bond motifs is 2. The van der Waals surface area contributed by atoms with Crippen LogP contribution in [-0.4, -0.2) is 77.3 Å². The van der Waals surface area contributed by atoms with E-state index in [-0.39, 0.29) is 43.4 Å². The summed E-state index contributed by atoms with van der Waals surface area (Å²) in [6.45, 7) is 2.98. The molecule has 2 rings (SSSR count). The summed E-state index contributed by atoms with van der Waals surface area (Å²) in [5, 5.41) is 11.5. The third kappa shape index (κ3) is 10.5. The van der Waals surface area contributed by atoms with E-state index >= 15 is 0 Å². The molecule has 1 aromatic rings. The highest BCUT2D eigenvalue weighted by Crippen LogP contribution is 2.17. The quantitative estimate of drug-likeness (QED) is 0.0524. The summed E-state index contributed by atoms with van der Waals surface area (Å²) in [6, 6.07) is 1.22. The molecule has 1 amide bonds. The predicted molar refractivity (Wildman–Crippen MR) is 156 cm³/mol. The molecule has 0 aromatic heterocycles. The largest absolute Gasteiger partial charge is 0.481 e. The minimum atomic E-state index is -1.29. The van der Waals surface area contributed by atoms with E-state index < -0.39 is 66.1 Å². The number of nitrogens with zero attached hydrogens (tertiary/aromatic N) is 1. The zero-order chi connectivity index (χ0) is 30.7. The number of hydrogen-bond donors (Lipinski definition) is 8. The molecule has 10 N–H and O–H groups in total. The summed E-state index contributed by atoms with van der Waals surface area (Å²) in [7, 11) is 0. The van der Waals surface area contributed by atoms with Crippen LogP contribution in [0.5, 0.6) is 0 Å². The number of rotatable bonds is 7. The summed E-state index contributed by atoms with van der Waals surface area (Å²) < 4.78 is 0.752. The van der Waals surface area contributed by atoms with Crippen molar-refractivity contribution in [3.63, 3.8) is 0 Å². The van der Waals surface area contributed by atoms with Crippen molar-refractivity contribution in [1.29, 1.82) is 0 Å². The molecular formula is C25H35IN8O7. The van der Waals surface area contributed by atoms with Crippen LogP contribution in [0.4, 0.5) is 0 Å². The molecule has 0 spiro atoms. The second-order valence-corrected chi connectivity index (χ2v) is 10.8. The van der Waals surface area contributed by atoms with E-state index in [4.69, 9.17) is 11.5 Å². The van der Waals surface area contributed by atoms with Gasteiger partial charge in [-0.1, -0.05) is 13.8 Å². The van der Waals surface area contributed by atoms with Crippen LogP contribution in [0.3, 0.4) is 0 Å². The van der Waals surface area contributed by atoms with Crippen LogP contribution in [0.1, 0.15) is 49.0 Å². The first-order chi connectivity index (χ1) is 19.3. The van der Waals surface area contributed by atoms with Gasteiger partial charge in [0.1, 0.15) is 6.04 Å². The van der Waals surface area contributed by atoms with E-state index in [2.05, 4.69) is 32.0 Å². The molecule has 41 heavy (non-hydrogen) atoms. The molecule has 0 fully saturated rings. The normalized spacial score (nSPS) is 21.7. The van der Waals surface area contributed by atoms with Gasteiger partial charge in [0.2, 0.25) is 29.0 Å². The Kier molecular flexibility index (Phi) is 13.4. The Morgan fingerprint density at radius 3 is 2.39 bits per heavy atom. The summed E-state index contributed by atoms with van der Waals surface area (Å²) in [5.41, 5.74) is 22.3. The Bertz CT molecular complexity index is 1200. The number of halogens is 1. The maximum atomic E-state index is 13.3. The fraction of sp³-hybridized carbons (Fsp3) is 0.480. The Morgan fingerprint density at radius 2 is 1.76 bits per heavy atom. The highest BCUT2D eigenvalue weighted by molar-refractivity contribution is 14.1. The lowest BCUT2D eigenvalue weighted by Crippen LogP contribution is -2.57. The van der Waals surface area contributed by atoms with Crippen molar-refractivity contribution in [2.24, 2.45) is 22.4 Å². The van der Waals surface area contributed by atoms with E-state index in [1.807, 2.05) is 22.6 Å². The second kappa shape index (κ2) is 16.2. The zero-order valence-corrected chi connectivity index (χ0v) is 24.8. The molecule has 0 aliphatic carbocycles. The van der Waals surface area contributed by atoms with E-state index in [1.54, 1.807) is 19.9 Å². The van der Waals surface area contributed by atoms with Gasteiger partial charge in [-0.15, -0.1) is 0 Å². The van der Waals surface area contributed by atoms with Crippen molar-refractivity contribution in [1.82, 2.24) is 27.0 Å². The number of aliphatic imine (C=N–C) groups is 1. The number of amides is 1. The minimum absolute atomic E-state index is 0.0723. The number of hydrogen-bond acceptors (Lipinski definition) is 11. The van der Waals surface area contributed by atoms with Crippen LogP contribution in [0.25, 0.3) is 0 Å². The van der Waals surface area contributed by atoms with Crippen LogP contribution >= 0.6 is 22.6 Å². The molecule has 1 aliphatic rings. The summed E-state index contributed by atoms with van der Waals surface area (Å²) >= 11 is 2.04. The van der Waals surface area contributed by atoms with Gasteiger partial charge >= 0.3 is 5.97 Å². The monoisotopic (exact) mass is 686 g/mol. The second-order valence-electron chi connectivity index (χ2n) is 9.66. The standard InChI is InChI=1S/C25H35IN8O7/c1-12(2)20-23(40)21(38)13-5-6-15(26)14(8-13)10-31-32-17(9-19(36)37)24(41)30-11-18(35)22(39)16(33-34-20)4-3-7-29-25(27)28/h5-6,8,12,16-17,20,31-34H,3-4,7,9-11H2,1-2H3,(H,30,41)(H,36,37)(H4,27,28,29)/t16-,17-,20-/m0/s1. The van der Waals surface area contributed by atoms with Crippen LogP contribution in [0.2, 0.25) is 0 Å². The molecule has 0 saturated carbocycles. The average Bonchev–Trinajstić information content (AvgIpc) is 2.91. The van der Waals surface area contributed by atoms with E-state index in [0.29, 0.717) is 5.56 Å². The number of carboxylic acids is 1. The van der Waals surface area contributed by atoms with Gasteiger partial charge in [0.15, 0.2) is 5.96 Å². The fourth-order valence-electron chi connectivity index (χ4n) is 3.86. The SMILES string of the molecule is CC(C)[C@@H]1NN[C@@H](CCCN=C(N)N)C(=O)C(=O)CNC(=O)[C@H](CC(=O)O)NNCc2cc(ccc2I)C(=O)C1=O.